The van der Waals surface area contributed by atoms with E-state index in [-0.39, 0.29) is 24.7 Å². The van der Waals surface area contributed by atoms with Crippen LogP contribution >= 0.6 is 15.9 Å². The standard InChI is InChI=1S/C14H17BrFNO3/c15-11-7-10(1-2-12(11)16)8-13(18)17-9-14(19)3-5-20-6-4-14/h1-2,7,19H,3-6,8-9H2,(H,17,18). The third-order valence-electron chi connectivity index (χ3n) is 3.39. The molecule has 0 aromatic heterocycles. The minimum Gasteiger partial charge on any atom is -0.388 e. The molecule has 0 spiro atoms. The molecular formula is C14H17BrFNO3. The van der Waals surface area contributed by atoms with Crippen LogP contribution in [0.1, 0.15) is 18.4 Å². The molecule has 2 N–H and O–H groups in total. The molecule has 1 amide bonds. The first-order chi connectivity index (χ1) is 9.48. The Hall–Kier alpha value is -0.980. The van der Waals surface area contributed by atoms with Crippen molar-refractivity contribution in [3.8, 4) is 0 Å². The molecule has 0 aliphatic carbocycles. The lowest BCUT2D eigenvalue weighted by atomic mass is 9.94. The number of carbonyl (C=O) groups is 1. The number of halogens is 2. The summed E-state index contributed by atoms with van der Waals surface area (Å²) in [6.45, 7) is 1.24. The highest BCUT2D eigenvalue weighted by molar-refractivity contribution is 9.10. The summed E-state index contributed by atoms with van der Waals surface area (Å²) < 4.78 is 18.6. The van der Waals surface area contributed by atoms with E-state index in [1.165, 1.54) is 6.07 Å². The molecule has 1 saturated heterocycles. The number of aliphatic hydroxyl groups is 1. The minimum absolute atomic E-state index is 0.158. The van der Waals surface area contributed by atoms with Crippen LogP contribution in [0.5, 0.6) is 0 Å². The van der Waals surface area contributed by atoms with E-state index < -0.39 is 5.60 Å². The summed E-state index contributed by atoms with van der Waals surface area (Å²) in [6.07, 6.45) is 1.20. The van der Waals surface area contributed by atoms with Gasteiger partial charge in [-0.25, -0.2) is 4.39 Å². The third kappa shape index (κ3) is 4.26. The zero-order valence-corrected chi connectivity index (χ0v) is 12.6. The molecule has 4 nitrogen and oxygen atoms in total. The van der Waals surface area contributed by atoms with Gasteiger partial charge in [0, 0.05) is 32.6 Å². The molecule has 1 aromatic carbocycles. The number of ether oxygens (including phenoxy) is 1. The van der Waals surface area contributed by atoms with Gasteiger partial charge in [-0.2, -0.15) is 0 Å². The van der Waals surface area contributed by atoms with Crippen molar-refractivity contribution in [1.29, 1.82) is 0 Å². The van der Waals surface area contributed by atoms with Crippen LogP contribution in [-0.4, -0.2) is 36.4 Å². The predicted octanol–water partition coefficient (Wildman–Crippen LogP) is 1.79. The first-order valence-corrected chi connectivity index (χ1v) is 7.29. The van der Waals surface area contributed by atoms with Crippen LogP contribution in [0.25, 0.3) is 0 Å². The van der Waals surface area contributed by atoms with Crippen molar-refractivity contribution >= 4 is 21.8 Å². The van der Waals surface area contributed by atoms with Crippen molar-refractivity contribution in [2.45, 2.75) is 24.9 Å². The summed E-state index contributed by atoms with van der Waals surface area (Å²) in [4.78, 5) is 11.8. The van der Waals surface area contributed by atoms with Crippen molar-refractivity contribution in [3.05, 3.63) is 34.1 Å². The molecule has 1 heterocycles. The maximum absolute atomic E-state index is 13.1. The van der Waals surface area contributed by atoms with E-state index in [0.717, 1.165) is 5.56 Å². The lowest BCUT2D eigenvalue weighted by Crippen LogP contribution is -2.46. The second-order valence-corrected chi connectivity index (χ2v) is 5.89. The minimum atomic E-state index is -0.878. The van der Waals surface area contributed by atoms with Crippen LogP contribution in [0.15, 0.2) is 22.7 Å². The molecule has 0 bridgehead atoms. The Morgan fingerprint density at radius 2 is 2.15 bits per heavy atom. The van der Waals surface area contributed by atoms with Crippen LogP contribution < -0.4 is 5.32 Å². The largest absolute Gasteiger partial charge is 0.388 e. The summed E-state index contributed by atoms with van der Waals surface area (Å²) in [7, 11) is 0. The molecule has 0 radical (unpaired) electrons. The Bertz CT molecular complexity index is 489. The number of nitrogens with one attached hydrogen (secondary N) is 1. The SMILES string of the molecule is O=C(Cc1ccc(F)c(Br)c1)NCC1(O)CCOCC1. The number of benzene rings is 1. The van der Waals surface area contributed by atoms with Crippen molar-refractivity contribution < 1.29 is 19.0 Å². The Morgan fingerprint density at radius 3 is 2.80 bits per heavy atom. The highest BCUT2D eigenvalue weighted by Crippen LogP contribution is 2.20. The van der Waals surface area contributed by atoms with Crippen molar-refractivity contribution in [2.75, 3.05) is 19.8 Å². The van der Waals surface area contributed by atoms with Gasteiger partial charge in [0.2, 0.25) is 5.91 Å². The molecule has 1 fully saturated rings. The summed E-state index contributed by atoms with van der Waals surface area (Å²) in [5, 5.41) is 12.9. The fourth-order valence-electron chi connectivity index (χ4n) is 2.09. The third-order valence-corrected chi connectivity index (χ3v) is 3.99. The lowest BCUT2D eigenvalue weighted by Gasteiger charge is -2.32. The molecule has 0 saturated carbocycles. The summed E-state index contributed by atoms with van der Waals surface area (Å²) >= 11 is 3.09. The first-order valence-electron chi connectivity index (χ1n) is 6.49. The Kier molecular flexibility index (Phi) is 5.12. The van der Waals surface area contributed by atoms with Gasteiger partial charge in [0.25, 0.3) is 0 Å². The van der Waals surface area contributed by atoms with E-state index in [2.05, 4.69) is 21.2 Å². The maximum Gasteiger partial charge on any atom is 0.224 e. The fourth-order valence-corrected chi connectivity index (χ4v) is 2.51. The van der Waals surface area contributed by atoms with Gasteiger partial charge in [-0.3, -0.25) is 4.79 Å². The van der Waals surface area contributed by atoms with Gasteiger partial charge in [-0.05, 0) is 33.6 Å². The van der Waals surface area contributed by atoms with Gasteiger partial charge < -0.3 is 15.2 Å². The van der Waals surface area contributed by atoms with E-state index in [0.29, 0.717) is 30.5 Å². The summed E-state index contributed by atoms with van der Waals surface area (Å²) in [5.41, 5.74) is -0.160. The van der Waals surface area contributed by atoms with Crippen LogP contribution in [-0.2, 0) is 16.0 Å². The van der Waals surface area contributed by atoms with Gasteiger partial charge in [0.15, 0.2) is 0 Å². The first kappa shape index (κ1) is 15.4. The molecule has 1 aliphatic rings. The summed E-state index contributed by atoms with van der Waals surface area (Å²) in [5.74, 6) is -0.547. The summed E-state index contributed by atoms with van der Waals surface area (Å²) in [6, 6.07) is 4.47. The average Bonchev–Trinajstić information content (AvgIpc) is 2.42. The van der Waals surface area contributed by atoms with E-state index in [1.807, 2.05) is 0 Å². The average molecular weight is 346 g/mol. The zero-order valence-electron chi connectivity index (χ0n) is 11.0. The lowest BCUT2D eigenvalue weighted by molar-refractivity contribution is -0.123. The number of amides is 1. The number of rotatable bonds is 4. The smallest absolute Gasteiger partial charge is 0.224 e. The van der Waals surface area contributed by atoms with Crippen molar-refractivity contribution in [2.24, 2.45) is 0 Å². The van der Waals surface area contributed by atoms with Crippen molar-refractivity contribution in [3.63, 3.8) is 0 Å². The number of hydrogen-bond donors (Lipinski definition) is 2. The Morgan fingerprint density at radius 1 is 1.45 bits per heavy atom. The molecule has 0 unspecified atom stereocenters. The maximum atomic E-state index is 13.1. The van der Waals surface area contributed by atoms with Gasteiger partial charge in [-0.15, -0.1) is 0 Å². The number of carbonyl (C=O) groups excluding carboxylic acids is 1. The van der Waals surface area contributed by atoms with Crippen LogP contribution in [0.4, 0.5) is 4.39 Å². The second kappa shape index (κ2) is 6.65. The monoisotopic (exact) mass is 345 g/mol. The molecule has 110 valence electrons. The van der Waals surface area contributed by atoms with Gasteiger partial charge in [-0.1, -0.05) is 6.07 Å². The second-order valence-electron chi connectivity index (χ2n) is 5.04. The Labute approximate surface area is 125 Å². The quantitative estimate of drug-likeness (QED) is 0.874. The molecule has 1 aromatic rings. The fraction of sp³-hybridized carbons (Fsp3) is 0.500. The highest BCUT2D eigenvalue weighted by Gasteiger charge is 2.29. The van der Waals surface area contributed by atoms with Gasteiger partial charge >= 0.3 is 0 Å². The molecule has 0 atom stereocenters. The topological polar surface area (TPSA) is 58.6 Å². The van der Waals surface area contributed by atoms with E-state index in [9.17, 15) is 14.3 Å². The van der Waals surface area contributed by atoms with Crippen LogP contribution in [0.3, 0.4) is 0 Å². The van der Waals surface area contributed by atoms with Crippen molar-refractivity contribution in [1.82, 2.24) is 5.32 Å². The zero-order chi connectivity index (χ0) is 14.6. The molecule has 20 heavy (non-hydrogen) atoms. The van der Waals surface area contributed by atoms with Crippen LogP contribution in [0, 0.1) is 5.82 Å². The molecule has 1 aliphatic heterocycles. The normalized spacial score (nSPS) is 17.8. The van der Waals surface area contributed by atoms with Crippen LogP contribution in [0.2, 0.25) is 0 Å². The molecule has 2 rings (SSSR count). The Balaban J connectivity index is 1.84. The predicted molar refractivity (Wildman–Crippen MR) is 75.8 cm³/mol. The van der Waals surface area contributed by atoms with E-state index in [4.69, 9.17) is 4.74 Å². The number of hydrogen-bond acceptors (Lipinski definition) is 3. The van der Waals surface area contributed by atoms with E-state index >= 15 is 0 Å². The van der Waals surface area contributed by atoms with E-state index in [1.54, 1.807) is 12.1 Å². The molecule has 6 heteroatoms. The molecular weight excluding hydrogens is 329 g/mol. The van der Waals surface area contributed by atoms with Gasteiger partial charge in [0.05, 0.1) is 16.5 Å². The highest BCUT2D eigenvalue weighted by atomic mass is 79.9. The van der Waals surface area contributed by atoms with Gasteiger partial charge in [0.1, 0.15) is 5.82 Å².